The molecule has 1 N–H and O–H groups in total. The molecule has 0 spiro atoms. The Balaban J connectivity index is 1.55. The van der Waals surface area contributed by atoms with E-state index in [0.717, 1.165) is 54.3 Å². The number of hydrogen-bond acceptors (Lipinski definition) is 6. The van der Waals surface area contributed by atoms with Crippen molar-refractivity contribution in [2.45, 2.75) is 68.7 Å². The maximum Gasteiger partial charge on any atom is 0.355 e. The van der Waals surface area contributed by atoms with Gasteiger partial charge in [0.05, 0.1) is 0 Å². The van der Waals surface area contributed by atoms with Gasteiger partial charge in [0, 0.05) is 41.3 Å². The van der Waals surface area contributed by atoms with E-state index in [0.29, 0.717) is 18.4 Å². The van der Waals surface area contributed by atoms with Crippen molar-refractivity contribution in [3.05, 3.63) is 40.9 Å². The number of hydrogen-bond donors (Lipinski definition) is 1. The van der Waals surface area contributed by atoms with Crippen LogP contribution in [-0.2, 0) is 4.79 Å². The fourth-order valence-corrected chi connectivity index (χ4v) is 5.65. The average molecular weight is 461 g/mol. The maximum absolute atomic E-state index is 12.5. The van der Waals surface area contributed by atoms with Crippen molar-refractivity contribution in [1.82, 2.24) is 4.98 Å². The first-order chi connectivity index (χ1) is 15.0. The van der Waals surface area contributed by atoms with E-state index >= 15 is 0 Å². The quantitative estimate of drug-likeness (QED) is 0.249. The molecule has 0 unspecified atom stereocenters. The number of carboxylic acid groups (broad SMARTS) is 1. The number of thiazole rings is 1. The van der Waals surface area contributed by atoms with Crippen molar-refractivity contribution in [3.8, 4) is 0 Å². The van der Waals surface area contributed by atoms with Crippen LogP contribution < -0.4 is 4.90 Å². The van der Waals surface area contributed by atoms with E-state index < -0.39 is 5.97 Å². The molecule has 1 atom stereocenters. The van der Waals surface area contributed by atoms with Gasteiger partial charge in [0.2, 0.25) is 5.91 Å². The first kappa shape index (κ1) is 23.5. The number of nitrogens with zero attached hydrogens (tertiary/aromatic N) is 2. The van der Waals surface area contributed by atoms with Gasteiger partial charge in [-0.2, -0.15) is 0 Å². The molecule has 31 heavy (non-hydrogen) atoms. The molecule has 0 bridgehead atoms. The molecule has 6 nitrogen and oxygen atoms in total. The summed E-state index contributed by atoms with van der Waals surface area (Å²) >= 11 is 2.85. The van der Waals surface area contributed by atoms with Gasteiger partial charge in [-0.05, 0) is 43.5 Å². The van der Waals surface area contributed by atoms with Gasteiger partial charge < -0.3 is 10.0 Å². The van der Waals surface area contributed by atoms with Crippen LogP contribution in [-0.4, -0.2) is 39.5 Å². The molecule has 1 aliphatic heterocycles. The van der Waals surface area contributed by atoms with Crippen LogP contribution in [0.4, 0.5) is 5.69 Å². The van der Waals surface area contributed by atoms with Crippen LogP contribution >= 0.6 is 23.1 Å². The number of benzene rings is 1. The number of aromatic nitrogens is 1. The van der Waals surface area contributed by atoms with E-state index in [1.807, 2.05) is 29.2 Å². The Kier molecular flexibility index (Phi) is 8.66. The third kappa shape index (κ3) is 6.40. The van der Waals surface area contributed by atoms with Crippen molar-refractivity contribution >= 4 is 46.4 Å². The van der Waals surface area contributed by atoms with E-state index in [1.165, 1.54) is 23.1 Å². The fourth-order valence-electron chi connectivity index (χ4n) is 3.74. The molecule has 1 fully saturated rings. The zero-order valence-corrected chi connectivity index (χ0v) is 19.3. The lowest BCUT2D eigenvalue weighted by Crippen LogP contribution is -2.33. The van der Waals surface area contributed by atoms with Gasteiger partial charge in [-0.15, -0.1) is 11.3 Å². The smallest absolute Gasteiger partial charge is 0.355 e. The Hall–Kier alpha value is -2.19. The van der Waals surface area contributed by atoms with E-state index in [9.17, 15) is 14.4 Å². The second-order valence-electron chi connectivity index (χ2n) is 7.68. The van der Waals surface area contributed by atoms with Crippen LogP contribution in [0, 0.1) is 0 Å². The van der Waals surface area contributed by atoms with E-state index in [1.54, 1.807) is 5.38 Å². The topological polar surface area (TPSA) is 87.6 Å². The van der Waals surface area contributed by atoms with Crippen molar-refractivity contribution in [2.75, 3.05) is 10.7 Å². The zero-order valence-electron chi connectivity index (χ0n) is 17.7. The predicted octanol–water partition coefficient (Wildman–Crippen LogP) is 5.67. The lowest BCUT2D eigenvalue weighted by atomic mass is 10.0. The summed E-state index contributed by atoms with van der Waals surface area (Å²) in [4.78, 5) is 41.7. The highest BCUT2D eigenvalue weighted by molar-refractivity contribution is 8.01. The number of ketones is 1. The second-order valence-corrected chi connectivity index (χ2v) is 9.88. The highest BCUT2D eigenvalue weighted by Crippen LogP contribution is 2.31. The van der Waals surface area contributed by atoms with Crippen LogP contribution in [0.2, 0.25) is 0 Å². The number of carboxylic acids is 1. The standard InChI is InChI=1S/C23H28N2O4S2/c1-2-3-4-5-6-20(26)16-7-9-17(10-8-16)25-18(11-12-21(25)27)13-14-30-23-24-19(15-31-23)22(28)29/h7-10,15,18H,2-6,11-14H2,1H3,(H,28,29)/t18-/m1/s1. The minimum atomic E-state index is -1.02. The largest absolute Gasteiger partial charge is 0.476 e. The number of Topliss-reactive ketones (excluding diaryl/α,β-unsaturated/α-hetero) is 1. The molecule has 2 aromatic rings. The van der Waals surface area contributed by atoms with Gasteiger partial charge >= 0.3 is 5.97 Å². The van der Waals surface area contributed by atoms with Crippen molar-refractivity contribution in [3.63, 3.8) is 0 Å². The maximum atomic E-state index is 12.5. The van der Waals surface area contributed by atoms with Crippen molar-refractivity contribution in [1.29, 1.82) is 0 Å². The second kappa shape index (κ2) is 11.4. The molecule has 1 aromatic heterocycles. The molecule has 1 aromatic carbocycles. The highest BCUT2D eigenvalue weighted by atomic mass is 32.2. The molecule has 2 heterocycles. The van der Waals surface area contributed by atoms with Gasteiger partial charge in [0.1, 0.15) is 0 Å². The number of anilines is 1. The van der Waals surface area contributed by atoms with Crippen LogP contribution in [0.5, 0.6) is 0 Å². The Morgan fingerprint density at radius 2 is 2.00 bits per heavy atom. The lowest BCUT2D eigenvalue weighted by Gasteiger charge is -2.25. The number of carbonyl (C=O) groups excluding carboxylic acids is 2. The van der Waals surface area contributed by atoms with Crippen molar-refractivity contribution in [2.24, 2.45) is 0 Å². The highest BCUT2D eigenvalue weighted by Gasteiger charge is 2.31. The van der Waals surface area contributed by atoms with Gasteiger partial charge in [-0.1, -0.05) is 37.9 Å². The summed E-state index contributed by atoms with van der Waals surface area (Å²) in [6.45, 7) is 2.15. The van der Waals surface area contributed by atoms with Gasteiger partial charge in [-0.3, -0.25) is 9.59 Å². The SMILES string of the molecule is CCCCCCC(=O)c1ccc(N2C(=O)CC[C@@H]2CCSc2nc(C(=O)O)cs2)cc1. The summed E-state index contributed by atoms with van der Waals surface area (Å²) in [5, 5.41) is 10.5. The molecule has 166 valence electrons. The lowest BCUT2D eigenvalue weighted by molar-refractivity contribution is -0.117. The van der Waals surface area contributed by atoms with Crippen molar-refractivity contribution < 1.29 is 19.5 Å². The van der Waals surface area contributed by atoms with Gasteiger partial charge in [0.25, 0.3) is 0 Å². The first-order valence-corrected chi connectivity index (χ1v) is 12.6. The number of amides is 1. The molecule has 1 amide bonds. The molecular weight excluding hydrogens is 432 g/mol. The Labute approximate surface area is 191 Å². The minimum absolute atomic E-state index is 0.0742. The summed E-state index contributed by atoms with van der Waals surface area (Å²) in [5.74, 6) is 0.0113. The number of rotatable bonds is 12. The Bertz CT molecular complexity index is 911. The number of thioether (sulfide) groups is 1. The molecule has 3 rings (SSSR count). The summed E-state index contributed by atoms with van der Waals surface area (Å²) in [5.41, 5.74) is 1.62. The van der Waals surface area contributed by atoms with Crippen LogP contribution in [0.25, 0.3) is 0 Å². The number of unbranched alkanes of at least 4 members (excludes halogenated alkanes) is 3. The average Bonchev–Trinajstić information content (AvgIpc) is 3.38. The third-order valence-corrected chi connectivity index (χ3v) is 7.48. The van der Waals surface area contributed by atoms with Gasteiger partial charge in [0.15, 0.2) is 15.8 Å². The monoisotopic (exact) mass is 460 g/mol. The van der Waals surface area contributed by atoms with E-state index in [-0.39, 0.29) is 23.4 Å². The summed E-state index contributed by atoms with van der Waals surface area (Å²) in [6.07, 6.45) is 7.01. The number of aromatic carboxylic acids is 1. The third-order valence-electron chi connectivity index (χ3n) is 5.43. The molecule has 1 aliphatic rings. The fraction of sp³-hybridized carbons (Fsp3) is 0.478. The Morgan fingerprint density at radius 1 is 1.23 bits per heavy atom. The molecule has 0 radical (unpaired) electrons. The summed E-state index contributed by atoms with van der Waals surface area (Å²) in [6, 6.07) is 7.52. The number of carbonyl (C=O) groups is 3. The molecule has 0 saturated carbocycles. The predicted molar refractivity (Wildman–Crippen MR) is 124 cm³/mol. The van der Waals surface area contributed by atoms with Crippen LogP contribution in [0.1, 0.15) is 79.1 Å². The van der Waals surface area contributed by atoms with Gasteiger partial charge in [-0.25, -0.2) is 9.78 Å². The Morgan fingerprint density at radius 3 is 2.68 bits per heavy atom. The van der Waals surface area contributed by atoms with Crippen LogP contribution in [0.3, 0.4) is 0 Å². The summed E-state index contributed by atoms with van der Waals surface area (Å²) in [7, 11) is 0. The first-order valence-electron chi connectivity index (χ1n) is 10.8. The van der Waals surface area contributed by atoms with E-state index in [4.69, 9.17) is 5.11 Å². The minimum Gasteiger partial charge on any atom is -0.476 e. The molecule has 0 aliphatic carbocycles. The molecular formula is C23H28N2O4S2. The molecule has 1 saturated heterocycles. The zero-order chi connectivity index (χ0) is 22.2. The van der Waals surface area contributed by atoms with Crippen LogP contribution in [0.15, 0.2) is 34.0 Å². The summed E-state index contributed by atoms with van der Waals surface area (Å²) < 4.78 is 0.732. The van der Waals surface area contributed by atoms with E-state index in [2.05, 4.69) is 11.9 Å². The normalized spacial score (nSPS) is 16.1. The molecule has 8 heteroatoms.